The molecule has 0 saturated carbocycles. The molecule has 20 heavy (non-hydrogen) atoms. The third-order valence-corrected chi connectivity index (χ3v) is 2.97. The van der Waals surface area contributed by atoms with Gasteiger partial charge in [0.15, 0.2) is 0 Å². The van der Waals surface area contributed by atoms with E-state index in [1.54, 1.807) is 11.8 Å². The minimum absolute atomic E-state index is 0.0634. The highest BCUT2D eigenvalue weighted by Gasteiger charge is 2.19. The van der Waals surface area contributed by atoms with E-state index < -0.39 is 11.9 Å². The molecule has 1 aliphatic rings. The number of carbonyl (C=O) groups is 3. The largest absolute Gasteiger partial charge is 0.466 e. The maximum Gasteiger partial charge on any atom is 0.334 e. The summed E-state index contributed by atoms with van der Waals surface area (Å²) in [4.78, 5) is 36.0. The molecule has 1 saturated heterocycles. The van der Waals surface area contributed by atoms with Crippen LogP contribution in [0.1, 0.15) is 32.6 Å². The van der Waals surface area contributed by atoms with Crippen LogP contribution in [0.4, 0.5) is 0 Å². The van der Waals surface area contributed by atoms with E-state index in [2.05, 4.69) is 6.58 Å². The van der Waals surface area contributed by atoms with Crippen molar-refractivity contribution in [2.75, 3.05) is 26.3 Å². The molecule has 0 aromatic carbocycles. The van der Waals surface area contributed by atoms with E-state index in [-0.39, 0.29) is 31.1 Å². The average molecular weight is 283 g/mol. The van der Waals surface area contributed by atoms with Crippen LogP contribution in [0, 0.1) is 0 Å². The van der Waals surface area contributed by atoms with Crippen LogP contribution in [-0.2, 0) is 23.9 Å². The van der Waals surface area contributed by atoms with E-state index in [1.807, 2.05) is 0 Å². The molecule has 0 atom stereocenters. The smallest absolute Gasteiger partial charge is 0.334 e. The summed E-state index contributed by atoms with van der Waals surface area (Å²) in [5.41, 5.74) is 0.0634. The molecule has 1 fully saturated rings. The first kappa shape index (κ1) is 16.2. The van der Waals surface area contributed by atoms with Crippen LogP contribution in [0.3, 0.4) is 0 Å². The zero-order chi connectivity index (χ0) is 15.0. The van der Waals surface area contributed by atoms with E-state index in [9.17, 15) is 14.4 Å². The Morgan fingerprint density at radius 2 is 2.05 bits per heavy atom. The number of hydrogen-bond donors (Lipinski definition) is 0. The van der Waals surface area contributed by atoms with Crippen LogP contribution in [0.15, 0.2) is 12.2 Å². The minimum atomic E-state index is -0.623. The number of hydrogen-bond acceptors (Lipinski definition) is 5. The number of rotatable bonds is 7. The Morgan fingerprint density at radius 3 is 2.70 bits per heavy atom. The lowest BCUT2D eigenvalue weighted by molar-refractivity contribution is -0.146. The molecular weight excluding hydrogens is 262 g/mol. The Morgan fingerprint density at radius 1 is 1.30 bits per heavy atom. The normalized spacial score (nSPS) is 14.8. The minimum Gasteiger partial charge on any atom is -0.466 e. The van der Waals surface area contributed by atoms with Gasteiger partial charge in [-0.05, 0) is 19.8 Å². The molecule has 0 unspecified atom stereocenters. The first-order chi connectivity index (χ1) is 9.54. The van der Waals surface area contributed by atoms with Crippen molar-refractivity contribution < 1.29 is 23.9 Å². The lowest BCUT2D eigenvalue weighted by Gasteiger charge is -2.26. The third kappa shape index (κ3) is 5.42. The van der Waals surface area contributed by atoms with Crippen molar-refractivity contribution in [1.82, 2.24) is 4.90 Å². The third-order valence-electron chi connectivity index (χ3n) is 2.97. The van der Waals surface area contributed by atoms with Crippen LogP contribution in [0.5, 0.6) is 0 Å². The van der Waals surface area contributed by atoms with Crippen LogP contribution in [0.25, 0.3) is 0 Å². The quantitative estimate of drug-likeness (QED) is 0.516. The Balaban J connectivity index is 2.23. The van der Waals surface area contributed by atoms with Gasteiger partial charge in [-0.1, -0.05) is 6.58 Å². The first-order valence-electron chi connectivity index (χ1n) is 6.83. The summed E-state index contributed by atoms with van der Waals surface area (Å²) in [7, 11) is 0. The summed E-state index contributed by atoms with van der Waals surface area (Å²) in [6.45, 7) is 6.66. The fourth-order valence-corrected chi connectivity index (χ4v) is 1.91. The summed E-state index contributed by atoms with van der Waals surface area (Å²) in [6, 6.07) is 0. The molecule has 6 heteroatoms. The fourth-order valence-electron chi connectivity index (χ4n) is 1.91. The molecule has 0 aliphatic carbocycles. The van der Waals surface area contributed by atoms with Gasteiger partial charge in [0.25, 0.3) is 0 Å². The summed E-state index contributed by atoms with van der Waals surface area (Å²) in [6.07, 6.45) is 2.29. The number of piperidine rings is 1. The Hall–Kier alpha value is -1.85. The average Bonchev–Trinajstić information content (AvgIpc) is 2.41. The highest BCUT2D eigenvalue weighted by atomic mass is 16.5. The van der Waals surface area contributed by atoms with Gasteiger partial charge in [0, 0.05) is 18.5 Å². The van der Waals surface area contributed by atoms with Gasteiger partial charge >= 0.3 is 11.9 Å². The Kier molecular flexibility index (Phi) is 6.76. The summed E-state index contributed by atoms with van der Waals surface area (Å²) in [5, 5.41) is 0. The molecule has 0 spiro atoms. The van der Waals surface area contributed by atoms with Crippen LogP contribution < -0.4 is 0 Å². The molecule has 1 aliphatic heterocycles. The molecule has 0 N–H and O–H groups in total. The second-order valence-electron chi connectivity index (χ2n) is 4.56. The van der Waals surface area contributed by atoms with Crippen molar-refractivity contribution in [1.29, 1.82) is 0 Å². The lowest BCUT2D eigenvalue weighted by atomic mass is 10.1. The summed E-state index contributed by atoms with van der Waals surface area (Å²) in [5.74, 6) is -1.03. The highest BCUT2D eigenvalue weighted by Crippen LogP contribution is 2.10. The topological polar surface area (TPSA) is 72.9 Å². The van der Waals surface area contributed by atoms with Crippen LogP contribution >= 0.6 is 0 Å². The van der Waals surface area contributed by atoms with Gasteiger partial charge in [0.05, 0.1) is 19.6 Å². The second-order valence-corrected chi connectivity index (χ2v) is 4.56. The van der Waals surface area contributed by atoms with Crippen molar-refractivity contribution in [2.45, 2.75) is 32.6 Å². The molecule has 1 amide bonds. The zero-order valence-corrected chi connectivity index (χ0v) is 11.9. The van der Waals surface area contributed by atoms with Crippen LogP contribution in [0.2, 0.25) is 0 Å². The fraction of sp³-hybridized carbons (Fsp3) is 0.643. The van der Waals surface area contributed by atoms with Gasteiger partial charge in [-0.3, -0.25) is 9.59 Å². The Bertz CT molecular complexity index is 391. The standard InChI is InChI=1S/C14H21NO5/c1-3-19-13(17)10-11(2)14(18)20-9-8-15-7-5-4-6-12(15)16/h2-10H2,1H3. The number of amides is 1. The number of ether oxygens (including phenoxy) is 2. The van der Waals surface area contributed by atoms with Gasteiger partial charge < -0.3 is 14.4 Å². The molecule has 0 radical (unpaired) electrons. The van der Waals surface area contributed by atoms with Crippen molar-refractivity contribution in [3.63, 3.8) is 0 Å². The van der Waals surface area contributed by atoms with E-state index in [0.29, 0.717) is 19.5 Å². The van der Waals surface area contributed by atoms with Crippen LogP contribution in [-0.4, -0.2) is 49.0 Å². The van der Waals surface area contributed by atoms with Gasteiger partial charge in [-0.25, -0.2) is 4.79 Å². The van der Waals surface area contributed by atoms with Crippen molar-refractivity contribution >= 4 is 17.8 Å². The maximum atomic E-state index is 11.6. The van der Waals surface area contributed by atoms with Gasteiger partial charge in [0.1, 0.15) is 6.61 Å². The van der Waals surface area contributed by atoms with Gasteiger partial charge in [-0.2, -0.15) is 0 Å². The maximum absolute atomic E-state index is 11.6. The predicted octanol–water partition coefficient (Wildman–Crippen LogP) is 1.05. The number of likely N-dealkylation sites (tertiary alicyclic amines) is 1. The van der Waals surface area contributed by atoms with Crippen molar-refractivity contribution in [2.24, 2.45) is 0 Å². The first-order valence-corrected chi connectivity index (χ1v) is 6.83. The molecule has 0 bridgehead atoms. The number of carbonyl (C=O) groups excluding carboxylic acids is 3. The number of nitrogens with zero attached hydrogens (tertiary/aromatic N) is 1. The van der Waals surface area contributed by atoms with Gasteiger partial charge in [-0.15, -0.1) is 0 Å². The monoisotopic (exact) mass is 283 g/mol. The van der Waals surface area contributed by atoms with Crippen molar-refractivity contribution in [3.05, 3.63) is 12.2 Å². The Labute approximate surface area is 118 Å². The van der Waals surface area contributed by atoms with E-state index in [1.165, 1.54) is 0 Å². The summed E-state index contributed by atoms with van der Waals surface area (Å²) < 4.78 is 9.71. The van der Waals surface area contributed by atoms with Gasteiger partial charge in [0.2, 0.25) is 5.91 Å². The zero-order valence-electron chi connectivity index (χ0n) is 11.9. The molecule has 0 aromatic rings. The van der Waals surface area contributed by atoms with E-state index in [0.717, 1.165) is 12.8 Å². The summed E-state index contributed by atoms with van der Waals surface area (Å²) >= 11 is 0. The molecule has 1 rings (SSSR count). The van der Waals surface area contributed by atoms with E-state index in [4.69, 9.17) is 9.47 Å². The molecular formula is C14H21NO5. The molecule has 1 heterocycles. The second kappa shape index (κ2) is 8.35. The SMILES string of the molecule is C=C(CC(=O)OCC)C(=O)OCCN1CCCCC1=O. The predicted molar refractivity (Wildman–Crippen MR) is 71.8 cm³/mol. The van der Waals surface area contributed by atoms with E-state index >= 15 is 0 Å². The number of esters is 2. The highest BCUT2D eigenvalue weighted by molar-refractivity contribution is 5.93. The molecule has 0 aromatic heterocycles. The lowest BCUT2D eigenvalue weighted by Crippen LogP contribution is -2.38. The molecule has 112 valence electrons. The molecule has 6 nitrogen and oxygen atoms in total. The van der Waals surface area contributed by atoms with Crippen molar-refractivity contribution in [3.8, 4) is 0 Å².